The zero-order valence-corrected chi connectivity index (χ0v) is 11.8. The van der Waals surface area contributed by atoms with Crippen molar-refractivity contribution >= 4 is 6.03 Å². The predicted molar refractivity (Wildman–Crippen MR) is 73.0 cm³/mol. The SMILES string of the molecule is Cc1cc(CCNC(=O)N(C)C)c(C)n1C1CC1. The van der Waals surface area contributed by atoms with Crippen LogP contribution in [0.3, 0.4) is 0 Å². The minimum Gasteiger partial charge on any atom is -0.346 e. The van der Waals surface area contributed by atoms with Gasteiger partial charge in [0.15, 0.2) is 0 Å². The van der Waals surface area contributed by atoms with Crippen LogP contribution in [0.5, 0.6) is 0 Å². The largest absolute Gasteiger partial charge is 0.346 e. The molecule has 4 nitrogen and oxygen atoms in total. The van der Waals surface area contributed by atoms with E-state index in [4.69, 9.17) is 0 Å². The number of rotatable bonds is 4. The van der Waals surface area contributed by atoms with Gasteiger partial charge in [-0.15, -0.1) is 0 Å². The Bertz CT molecular complexity index is 444. The van der Waals surface area contributed by atoms with E-state index < -0.39 is 0 Å². The molecule has 0 radical (unpaired) electrons. The van der Waals surface area contributed by atoms with Gasteiger partial charge in [0.1, 0.15) is 0 Å². The molecule has 1 N–H and O–H groups in total. The number of nitrogens with one attached hydrogen (secondary N) is 1. The van der Waals surface area contributed by atoms with E-state index in [1.54, 1.807) is 19.0 Å². The second kappa shape index (κ2) is 5.04. The molecule has 1 aromatic heterocycles. The summed E-state index contributed by atoms with van der Waals surface area (Å²) in [5, 5.41) is 2.91. The highest BCUT2D eigenvalue weighted by Crippen LogP contribution is 2.38. The van der Waals surface area contributed by atoms with E-state index in [2.05, 4.69) is 29.8 Å². The van der Waals surface area contributed by atoms with Gasteiger partial charge in [0.2, 0.25) is 0 Å². The van der Waals surface area contributed by atoms with E-state index in [1.807, 2.05) is 0 Å². The summed E-state index contributed by atoms with van der Waals surface area (Å²) < 4.78 is 2.45. The van der Waals surface area contributed by atoms with Crippen LogP contribution in [0.15, 0.2) is 6.07 Å². The summed E-state index contributed by atoms with van der Waals surface area (Å²) in [5.74, 6) is 0. The highest BCUT2D eigenvalue weighted by atomic mass is 16.2. The molecule has 100 valence electrons. The number of hydrogen-bond acceptors (Lipinski definition) is 1. The maximum Gasteiger partial charge on any atom is 0.316 e. The second-order valence-electron chi connectivity index (χ2n) is 5.37. The van der Waals surface area contributed by atoms with Crippen LogP contribution < -0.4 is 5.32 Å². The van der Waals surface area contributed by atoms with Gasteiger partial charge in [-0.05, 0) is 44.7 Å². The van der Waals surface area contributed by atoms with E-state index in [9.17, 15) is 4.79 Å². The molecule has 1 aromatic rings. The third-order valence-electron chi connectivity index (χ3n) is 3.58. The van der Waals surface area contributed by atoms with Crippen molar-refractivity contribution < 1.29 is 4.79 Å². The van der Waals surface area contributed by atoms with Gasteiger partial charge in [0.05, 0.1) is 0 Å². The third kappa shape index (κ3) is 2.68. The van der Waals surface area contributed by atoms with Crippen molar-refractivity contribution in [2.75, 3.05) is 20.6 Å². The number of aromatic nitrogens is 1. The zero-order valence-electron chi connectivity index (χ0n) is 11.8. The number of nitrogens with zero attached hydrogens (tertiary/aromatic N) is 2. The fourth-order valence-corrected chi connectivity index (χ4v) is 2.46. The second-order valence-corrected chi connectivity index (χ2v) is 5.37. The van der Waals surface area contributed by atoms with Gasteiger partial charge in [-0.25, -0.2) is 4.79 Å². The number of urea groups is 1. The van der Waals surface area contributed by atoms with Crippen molar-refractivity contribution in [1.82, 2.24) is 14.8 Å². The van der Waals surface area contributed by atoms with Crippen molar-refractivity contribution in [3.63, 3.8) is 0 Å². The number of carbonyl (C=O) groups is 1. The Morgan fingerprint density at radius 1 is 1.44 bits per heavy atom. The molecular formula is C14H23N3O. The lowest BCUT2D eigenvalue weighted by Gasteiger charge is -2.12. The van der Waals surface area contributed by atoms with E-state index in [0.29, 0.717) is 6.54 Å². The van der Waals surface area contributed by atoms with Gasteiger partial charge in [-0.3, -0.25) is 0 Å². The number of carbonyl (C=O) groups excluding carboxylic acids is 1. The molecule has 0 spiro atoms. The van der Waals surface area contributed by atoms with Crippen LogP contribution in [-0.4, -0.2) is 36.1 Å². The van der Waals surface area contributed by atoms with Gasteiger partial charge < -0.3 is 14.8 Å². The Balaban J connectivity index is 1.94. The molecule has 1 aliphatic carbocycles. The molecule has 1 fully saturated rings. The van der Waals surface area contributed by atoms with Crippen LogP contribution in [0.1, 0.15) is 35.8 Å². The van der Waals surface area contributed by atoms with Crippen molar-refractivity contribution in [1.29, 1.82) is 0 Å². The Morgan fingerprint density at radius 2 is 2.11 bits per heavy atom. The van der Waals surface area contributed by atoms with Crippen molar-refractivity contribution in [3.8, 4) is 0 Å². The summed E-state index contributed by atoms with van der Waals surface area (Å²) in [7, 11) is 3.52. The maximum absolute atomic E-state index is 11.4. The van der Waals surface area contributed by atoms with Crippen LogP contribution in [0.2, 0.25) is 0 Å². The molecule has 0 unspecified atom stereocenters. The molecule has 0 saturated heterocycles. The Morgan fingerprint density at radius 3 is 2.67 bits per heavy atom. The highest BCUT2D eigenvalue weighted by Gasteiger charge is 2.26. The average molecular weight is 249 g/mol. The van der Waals surface area contributed by atoms with Crippen LogP contribution in [0.4, 0.5) is 4.79 Å². The fourth-order valence-electron chi connectivity index (χ4n) is 2.46. The Kier molecular flexibility index (Phi) is 3.64. The minimum atomic E-state index is -0.0222. The fraction of sp³-hybridized carbons (Fsp3) is 0.643. The van der Waals surface area contributed by atoms with Gasteiger partial charge in [0, 0.05) is 38.1 Å². The minimum absolute atomic E-state index is 0.0222. The smallest absolute Gasteiger partial charge is 0.316 e. The van der Waals surface area contributed by atoms with Gasteiger partial charge in [0.25, 0.3) is 0 Å². The van der Waals surface area contributed by atoms with E-state index in [0.717, 1.165) is 12.5 Å². The molecule has 0 aliphatic heterocycles. The van der Waals surface area contributed by atoms with Crippen LogP contribution in [0.25, 0.3) is 0 Å². The van der Waals surface area contributed by atoms with Crippen LogP contribution in [-0.2, 0) is 6.42 Å². The normalized spacial score (nSPS) is 14.7. The monoisotopic (exact) mass is 249 g/mol. The topological polar surface area (TPSA) is 37.3 Å². The van der Waals surface area contributed by atoms with Crippen molar-refractivity contribution in [3.05, 3.63) is 23.0 Å². The first kappa shape index (κ1) is 13.0. The summed E-state index contributed by atoms with van der Waals surface area (Å²) in [6, 6.07) is 2.97. The molecule has 2 amide bonds. The first-order valence-electron chi connectivity index (χ1n) is 6.63. The molecule has 2 rings (SSSR count). The zero-order chi connectivity index (χ0) is 13.3. The van der Waals surface area contributed by atoms with Crippen molar-refractivity contribution in [2.24, 2.45) is 0 Å². The first-order valence-corrected chi connectivity index (χ1v) is 6.63. The predicted octanol–water partition coefficient (Wildman–Crippen LogP) is 2.25. The molecular weight excluding hydrogens is 226 g/mol. The number of amides is 2. The van der Waals surface area contributed by atoms with Crippen molar-refractivity contribution in [2.45, 2.75) is 39.2 Å². The van der Waals surface area contributed by atoms with E-state index in [1.165, 1.54) is 29.8 Å². The van der Waals surface area contributed by atoms with E-state index in [-0.39, 0.29) is 6.03 Å². The molecule has 0 bridgehead atoms. The lowest BCUT2D eigenvalue weighted by Crippen LogP contribution is -2.35. The van der Waals surface area contributed by atoms with E-state index >= 15 is 0 Å². The molecule has 0 atom stereocenters. The summed E-state index contributed by atoms with van der Waals surface area (Å²) in [5.41, 5.74) is 4.08. The highest BCUT2D eigenvalue weighted by molar-refractivity contribution is 5.73. The number of aryl methyl sites for hydroxylation is 1. The standard InChI is InChI=1S/C14H23N3O/c1-10-9-12(7-8-15-14(18)16(3)4)11(2)17(10)13-5-6-13/h9,13H,5-8H2,1-4H3,(H,15,18). The third-order valence-corrected chi connectivity index (χ3v) is 3.58. The van der Waals surface area contributed by atoms with Gasteiger partial charge in [-0.1, -0.05) is 0 Å². The molecule has 4 heteroatoms. The van der Waals surface area contributed by atoms with Crippen LogP contribution >= 0.6 is 0 Å². The molecule has 0 aromatic carbocycles. The summed E-state index contributed by atoms with van der Waals surface area (Å²) >= 11 is 0. The quantitative estimate of drug-likeness (QED) is 0.873. The van der Waals surface area contributed by atoms with Gasteiger partial charge >= 0.3 is 6.03 Å². The summed E-state index contributed by atoms with van der Waals surface area (Å²) in [6.45, 7) is 5.06. The summed E-state index contributed by atoms with van der Waals surface area (Å²) in [4.78, 5) is 13.0. The Hall–Kier alpha value is -1.45. The first-order chi connectivity index (χ1) is 8.50. The molecule has 18 heavy (non-hydrogen) atoms. The summed E-state index contributed by atoms with van der Waals surface area (Å²) in [6.07, 6.45) is 3.53. The van der Waals surface area contributed by atoms with Gasteiger partial charge in [-0.2, -0.15) is 0 Å². The lowest BCUT2D eigenvalue weighted by molar-refractivity contribution is 0.217. The molecule has 1 aliphatic rings. The average Bonchev–Trinajstić information content (AvgIpc) is 3.07. The lowest BCUT2D eigenvalue weighted by atomic mass is 10.2. The maximum atomic E-state index is 11.4. The Labute approximate surface area is 109 Å². The molecule has 1 heterocycles. The molecule has 1 saturated carbocycles. The number of hydrogen-bond donors (Lipinski definition) is 1. The van der Waals surface area contributed by atoms with Crippen LogP contribution in [0, 0.1) is 13.8 Å².